The van der Waals surface area contributed by atoms with Gasteiger partial charge in [-0.1, -0.05) is 11.6 Å². The van der Waals surface area contributed by atoms with E-state index in [9.17, 15) is 4.79 Å². The Morgan fingerprint density at radius 1 is 1.45 bits per heavy atom. The van der Waals surface area contributed by atoms with Gasteiger partial charge in [0.25, 0.3) is 0 Å². The third-order valence-corrected chi connectivity index (χ3v) is 2.55. The predicted octanol–water partition coefficient (Wildman–Crippen LogP) is 2.26. The van der Waals surface area contributed by atoms with Crippen molar-refractivity contribution in [2.24, 2.45) is 10.7 Å². The molecule has 112 valence electrons. The van der Waals surface area contributed by atoms with E-state index in [-0.39, 0.29) is 48.9 Å². The van der Waals surface area contributed by atoms with Gasteiger partial charge >= 0.3 is 5.97 Å². The van der Waals surface area contributed by atoms with Gasteiger partial charge in [-0.2, -0.15) is 0 Å². The standard InChI is InChI=1S/C12H16ClN3O3.HI/c1-18-10-4-3-8(7-9(10)13)16-12(14)15-6-5-11(17)19-2;/h3-4,7H,5-6H2,1-2H3,(H3,14,15,16);1H. The number of carbonyl (C=O) groups is 1. The zero-order valence-electron chi connectivity index (χ0n) is 11.2. The second-order valence-corrected chi connectivity index (χ2v) is 3.97. The zero-order valence-corrected chi connectivity index (χ0v) is 14.3. The SMILES string of the molecule is COC(=O)CCN=C(N)Nc1ccc(OC)c(Cl)c1.I. The molecule has 0 amide bonds. The summed E-state index contributed by atoms with van der Waals surface area (Å²) in [5, 5.41) is 3.33. The Balaban J connectivity index is 0.00000361. The van der Waals surface area contributed by atoms with Crippen molar-refractivity contribution >= 4 is 53.2 Å². The lowest BCUT2D eigenvalue weighted by Crippen LogP contribution is -2.23. The van der Waals surface area contributed by atoms with Crippen LogP contribution in [-0.2, 0) is 9.53 Å². The first-order valence-corrected chi connectivity index (χ1v) is 5.92. The highest BCUT2D eigenvalue weighted by molar-refractivity contribution is 14.0. The molecule has 0 aromatic heterocycles. The number of methoxy groups -OCH3 is 2. The number of nitrogens with zero attached hydrogens (tertiary/aromatic N) is 1. The largest absolute Gasteiger partial charge is 0.495 e. The van der Waals surface area contributed by atoms with Crippen molar-refractivity contribution in [2.45, 2.75) is 6.42 Å². The first-order valence-electron chi connectivity index (χ1n) is 5.54. The van der Waals surface area contributed by atoms with Gasteiger partial charge < -0.3 is 20.5 Å². The minimum Gasteiger partial charge on any atom is -0.495 e. The maximum absolute atomic E-state index is 10.9. The minimum absolute atomic E-state index is 0. The van der Waals surface area contributed by atoms with Crippen LogP contribution in [0.4, 0.5) is 5.69 Å². The van der Waals surface area contributed by atoms with E-state index in [0.29, 0.717) is 16.5 Å². The monoisotopic (exact) mass is 413 g/mol. The normalized spacial score (nSPS) is 10.4. The van der Waals surface area contributed by atoms with E-state index in [1.807, 2.05) is 0 Å². The first kappa shape index (κ1) is 18.8. The van der Waals surface area contributed by atoms with Crippen LogP contribution >= 0.6 is 35.6 Å². The van der Waals surface area contributed by atoms with E-state index in [1.165, 1.54) is 14.2 Å². The lowest BCUT2D eigenvalue weighted by Gasteiger charge is -2.08. The summed E-state index contributed by atoms with van der Waals surface area (Å²) >= 11 is 5.97. The number of hydrogen-bond acceptors (Lipinski definition) is 4. The summed E-state index contributed by atoms with van der Waals surface area (Å²) in [5.74, 6) is 0.447. The Morgan fingerprint density at radius 2 is 2.15 bits per heavy atom. The summed E-state index contributed by atoms with van der Waals surface area (Å²) in [6.07, 6.45) is 0.183. The molecule has 0 radical (unpaired) electrons. The number of carbonyl (C=O) groups excluding carboxylic acids is 1. The minimum atomic E-state index is -0.330. The van der Waals surface area contributed by atoms with Crippen LogP contribution < -0.4 is 15.8 Å². The van der Waals surface area contributed by atoms with Crippen molar-refractivity contribution < 1.29 is 14.3 Å². The second kappa shape index (κ2) is 9.65. The van der Waals surface area contributed by atoms with Crippen molar-refractivity contribution in [3.63, 3.8) is 0 Å². The van der Waals surface area contributed by atoms with Crippen molar-refractivity contribution in [3.8, 4) is 5.75 Å². The van der Waals surface area contributed by atoms with Gasteiger partial charge in [-0.05, 0) is 18.2 Å². The van der Waals surface area contributed by atoms with Crippen LogP contribution in [0.2, 0.25) is 5.02 Å². The summed E-state index contributed by atoms with van der Waals surface area (Å²) in [6, 6.07) is 5.14. The number of anilines is 1. The van der Waals surface area contributed by atoms with Gasteiger partial charge in [0, 0.05) is 5.69 Å². The molecule has 0 fully saturated rings. The number of nitrogens with two attached hydrogens (primary N) is 1. The Kier molecular flexibility index (Phi) is 9.06. The van der Waals surface area contributed by atoms with Gasteiger partial charge in [0.15, 0.2) is 5.96 Å². The molecule has 0 bridgehead atoms. The predicted molar refractivity (Wildman–Crippen MR) is 90.2 cm³/mol. The van der Waals surface area contributed by atoms with E-state index in [1.54, 1.807) is 18.2 Å². The third-order valence-electron chi connectivity index (χ3n) is 2.25. The van der Waals surface area contributed by atoms with Gasteiger partial charge in [-0.3, -0.25) is 9.79 Å². The average molecular weight is 414 g/mol. The van der Waals surface area contributed by atoms with Gasteiger partial charge in [0.05, 0.1) is 32.2 Å². The lowest BCUT2D eigenvalue weighted by atomic mass is 10.3. The van der Waals surface area contributed by atoms with E-state index in [0.717, 1.165) is 0 Å². The van der Waals surface area contributed by atoms with Crippen LogP contribution in [0.15, 0.2) is 23.2 Å². The number of nitrogens with one attached hydrogen (secondary N) is 1. The molecule has 1 aromatic rings. The highest BCUT2D eigenvalue weighted by atomic mass is 127. The number of aliphatic imine (C=N–C) groups is 1. The molecule has 1 rings (SSSR count). The number of halogens is 2. The number of hydrogen-bond donors (Lipinski definition) is 2. The number of benzene rings is 1. The molecule has 0 saturated carbocycles. The summed E-state index contributed by atoms with van der Waals surface area (Å²) in [6.45, 7) is 0.259. The number of guanidine groups is 1. The Labute approximate surface area is 139 Å². The molecule has 1 aromatic carbocycles. The first-order chi connectivity index (χ1) is 9.06. The van der Waals surface area contributed by atoms with Gasteiger partial charge in [-0.25, -0.2) is 0 Å². The van der Waals surface area contributed by atoms with E-state index >= 15 is 0 Å². The summed E-state index contributed by atoms with van der Waals surface area (Å²) in [4.78, 5) is 14.9. The lowest BCUT2D eigenvalue weighted by molar-refractivity contribution is -0.140. The maximum atomic E-state index is 10.9. The van der Waals surface area contributed by atoms with Crippen molar-refractivity contribution in [2.75, 3.05) is 26.1 Å². The molecule has 0 heterocycles. The van der Waals surface area contributed by atoms with Crippen LogP contribution in [-0.4, -0.2) is 32.7 Å². The Morgan fingerprint density at radius 3 is 2.70 bits per heavy atom. The topological polar surface area (TPSA) is 85.9 Å². The van der Waals surface area contributed by atoms with Gasteiger partial charge in [-0.15, -0.1) is 24.0 Å². The van der Waals surface area contributed by atoms with Gasteiger partial charge in [0.2, 0.25) is 0 Å². The van der Waals surface area contributed by atoms with Crippen LogP contribution in [0.25, 0.3) is 0 Å². The van der Waals surface area contributed by atoms with Crippen molar-refractivity contribution in [1.82, 2.24) is 0 Å². The molecule has 0 spiro atoms. The van der Waals surface area contributed by atoms with Gasteiger partial charge in [0.1, 0.15) is 5.75 Å². The summed E-state index contributed by atoms with van der Waals surface area (Å²) in [5.41, 5.74) is 6.35. The van der Waals surface area contributed by atoms with Crippen LogP contribution in [0.3, 0.4) is 0 Å². The zero-order chi connectivity index (χ0) is 14.3. The van der Waals surface area contributed by atoms with Crippen LogP contribution in [0.1, 0.15) is 6.42 Å². The Bertz CT molecular complexity index is 483. The summed E-state index contributed by atoms with van der Waals surface area (Å²) < 4.78 is 9.53. The third kappa shape index (κ3) is 6.29. The van der Waals surface area contributed by atoms with Crippen molar-refractivity contribution in [1.29, 1.82) is 0 Å². The van der Waals surface area contributed by atoms with E-state index in [2.05, 4.69) is 15.0 Å². The Hall–Kier alpha value is -1.22. The molecule has 0 unspecified atom stereocenters. The van der Waals surface area contributed by atoms with E-state index < -0.39 is 0 Å². The molecule has 0 saturated heterocycles. The molecule has 0 atom stereocenters. The van der Waals surface area contributed by atoms with Crippen LogP contribution in [0.5, 0.6) is 5.75 Å². The fourth-order valence-corrected chi connectivity index (χ4v) is 1.56. The maximum Gasteiger partial charge on any atom is 0.307 e. The van der Waals surface area contributed by atoms with E-state index in [4.69, 9.17) is 22.1 Å². The highest BCUT2D eigenvalue weighted by Gasteiger charge is 2.03. The fraction of sp³-hybridized carbons (Fsp3) is 0.333. The molecule has 20 heavy (non-hydrogen) atoms. The molecule has 0 aliphatic heterocycles. The number of rotatable bonds is 5. The molecular formula is C12H17ClIN3O3. The van der Waals surface area contributed by atoms with Crippen LogP contribution in [0, 0.1) is 0 Å². The molecule has 3 N–H and O–H groups in total. The molecule has 8 heteroatoms. The number of esters is 1. The smallest absolute Gasteiger partial charge is 0.307 e. The molecular weight excluding hydrogens is 397 g/mol. The summed E-state index contributed by atoms with van der Waals surface area (Å²) in [7, 11) is 2.87. The average Bonchev–Trinajstić information content (AvgIpc) is 2.38. The number of ether oxygens (including phenoxy) is 2. The highest BCUT2D eigenvalue weighted by Crippen LogP contribution is 2.26. The fourth-order valence-electron chi connectivity index (χ4n) is 1.30. The molecule has 6 nitrogen and oxygen atoms in total. The van der Waals surface area contributed by atoms with Crippen molar-refractivity contribution in [3.05, 3.63) is 23.2 Å². The quantitative estimate of drug-likeness (QED) is 0.335. The second-order valence-electron chi connectivity index (χ2n) is 3.57. The molecule has 0 aliphatic carbocycles. The molecule has 0 aliphatic rings.